The van der Waals surface area contributed by atoms with Crippen LogP contribution in [0.25, 0.3) is 22.4 Å². The van der Waals surface area contributed by atoms with Crippen LogP contribution in [-0.2, 0) is 18.4 Å². The number of carbonyl (C=O) groups is 1. The number of hydrogen-bond donors (Lipinski definition) is 1. The van der Waals surface area contributed by atoms with Crippen LogP contribution in [0.1, 0.15) is 12.1 Å². The number of thiazole rings is 1. The molecule has 0 saturated carbocycles. The summed E-state index contributed by atoms with van der Waals surface area (Å²) >= 11 is 7.25. The molecule has 3 aromatic heterocycles. The highest BCUT2D eigenvalue weighted by Crippen LogP contribution is 2.27. The van der Waals surface area contributed by atoms with E-state index < -0.39 is 5.76 Å². The lowest BCUT2D eigenvalue weighted by Gasteiger charge is -2.03. The number of fused-ring (bicyclic) bond motifs is 1. The maximum Gasteiger partial charge on any atom is 0.419 e. The predicted octanol–water partition coefficient (Wildman–Crippen LogP) is 3.44. The minimum absolute atomic E-state index is 0.109. The van der Waals surface area contributed by atoms with Crippen molar-refractivity contribution in [3.8, 4) is 11.3 Å². The lowest BCUT2D eigenvalue weighted by atomic mass is 10.2. The van der Waals surface area contributed by atoms with Crippen LogP contribution < -0.4 is 11.1 Å². The van der Waals surface area contributed by atoms with E-state index in [1.54, 1.807) is 22.9 Å². The lowest BCUT2D eigenvalue weighted by Crippen LogP contribution is -2.19. The van der Waals surface area contributed by atoms with Gasteiger partial charge in [0.15, 0.2) is 10.7 Å². The Balaban J connectivity index is 1.44. The van der Waals surface area contributed by atoms with Crippen molar-refractivity contribution in [2.24, 2.45) is 7.05 Å². The molecule has 0 radical (unpaired) electrons. The van der Waals surface area contributed by atoms with Crippen LogP contribution in [0.3, 0.4) is 0 Å². The van der Waals surface area contributed by atoms with Crippen LogP contribution in [0, 0.1) is 6.92 Å². The number of anilines is 1. The molecular formula is C18H16ClN5O3S. The van der Waals surface area contributed by atoms with Crippen molar-refractivity contribution in [3.63, 3.8) is 0 Å². The first-order valence-electron chi connectivity index (χ1n) is 8.45. The van der Waals surface area contributed by atoms with Gasteiger partial charge in [-0.2, -0.15) is 5.10 Å². The summed E-state index contributed by atoms with van der Waals surface area (Å²) in [6.07, 6.45) is 2.00. The predicted molar refractivity (Wildman–Crippen MR) is 108 cm³/mol. The summed E-state index contributed by atoms with van der Waals surface area (Å²) < 4.78 is 8.31. The summed E-state index contributed by atoms with van der Waals surface area (Å²) in [4.78, 5) is 28.8. The highest BCUT2D eigenvalue weighted by atomic mass is 35.5. The molecule has 0 aliphatic heterocycles. The van der Waals surface area contributed by atoms with Crippen molar-refractivity contribution < 1.29 is 9.21 Å². The first-order chi connectivity index (χ1) is 13.4. The molecule has 0 saturated heterocycles. The summed E-state index contributed by atoms with van der Waals surface area (Å²) in [6.45, 7) is 2.10. The third-order valence-corrected chi connectivity index (χ3v) is 5.23. The number of aryl methyl sites for hydroxylation is 3. The molecule has 1 aromatic carbocycles. The van der Waals surface area contributed by atoms with Crippen LogP contribution in [0.2, 0.25) is 5.02 Å². The molecule has 1 N–H and O–H groups in total. The summed E-state index contributed by atoms with van der Waals surface area (Å²) in [5.41, 5.74) is 3.56. The second-order valence-corrected chi connectivity index (χ2v) is 7.56. The van der Waals surface area contributed by atoms with E-state index in [0.717, 1.165) is 17.0 Å². The molecule has 0 aliphatic carbocycles. The maximum atomic E-state index is 12.3. The normalized spacial score (nSPS) is 11.2. The Morgan fingerprint density at radius 1 is 1.39 bits per heavy atom. The van der Waals surface area contributed by atoms with Gasteiger partial charge in [0.2, 0.25) is 5.91 Å². The molecular weight excluding hydrogens is 402 g/mol. The zero-order valence-electron chi connectivity index (χ0n) is 15.1. The Bertz CT molecular complexity index is 1240. The van der Waals surface area contributed by atoms with Crippen molar-refractivity contribution in [2.45, 2.75) is 19.9 Å². The lowest BCUT2D eigenvalue weighted by molar-refractivity contribution is -0.116. The Morgan fingerprint density at radius 3 is 2.96 bits per heavy atom. The standard InChI is InChI=1S/C18H16ClN5O3S/c1-10-12(8-23(2)22-10)13-9-28-17(20-13)21-16(25)5-6-24-14-4-3-11(19)7-15(14)27-18(24)26/h3-4,7-9H,5-6H2,1-2H3,(H,20,21,25). The first kappa shape index (κ1) is 18.5. The van der Waals surface area contributed by atoms with Crippen molar-refractivity contribution in [1.82, 2.24) is 19.3 Å². The van der Waals surface area contributed by atoms with E-state index >= 15 is 0 Å². The Kier molecular flexibility index (Phi) is 4.78. The molecule has 28 heavy (non-hydrogen) atoms. The quantitative estimate of drug-likeness (QED) is 0.536. The highest BCUT2D eigenvalue weighted by Gasteiger charge is 2.14. The van der Waals surface area contributed by atoms with E-state index in [9.17, 15) is 9.59 Å². The zero-order valence-corrected chi connectivity index (χ0v) is 16.7. The minimum Gasteiger partial charge on any atom is -0.408 e. The zero-order chi connectivity index (χ0) is 19.8. The topological polar surface area (TPSA) is 95.0 Å². The van der Waals surface area contributed by atoms with E-state index in [-0.39, 0.29) is 18.9 Å². The van der Waals surface area contributed by atoms with Gasteiger partial charge in [-0.05, 0) is 19.1 Å². The largest absolute Gasteiger partial charge is 0.419 e. The monoisotopic (exact) mass is 417 g/mol. The molecule has 144 valence electrons. The molecule has 4 rings (SSSR count). The SMILES string of the molecule is Cc1nn(C)cc1-c1csc(NC(=O)CCn2c(=O)oc3cc(Cl)ccc32)n1. The molecule has 1 amide bonds. The Morgan fingerprint density at radius 2 is 2.21 bits per heavy atom. The van der Waals surface area contributed by atoms with Crippen molar-refractivity contribution >= 4 is 45.1 Å². The summed E-state index contributed by atoms with van der Waals surface area (Å²) in [6, 6.07) is 4.95. The number of nitrogens with zero attached hydrogens (tertiary/aromatic N) is 4. The molecule has 0 atom stereocenters. The van der Waals surface area contributed by atoms with Gasteiger partial charge in [0, 0.05) is 48.2 Å². The van der Waals surface area contributed by atoms with E-state index in [4.69, 9.17) is 16.0 Å². The number of amides is 1. The van der Waals surface area contributed by atoms with Gasteiger partial charge in [-0.15, -0.1) is 11.3 Å². The number of halogens is 1. The van der Waals surface area contributed by atoms with Crippen LogP contribution >= 0.6 is 22.9 Å². The third-order valence-electron chi connectivity index (χ3n) is 4.23. The maximum absolute atomic E-state index is 12.3. The van der Waals surface area contributed by atoms with E-state index in [1.165, 1.54) is 15.9 Å². The summed E-state index contributed by atoms with van der Waals surface area (Å²) in [7, 11) is 1.85. The average Bonchev–Trinajstić information content (AvgIpc) is 3.30. The van der Waals surface area contributed by atoms with Gasteiger partial charge in [0.05, 0.1) is 16.9 Å². The Labute approximate surface area is 168 Å². The molecule has 0 fully saturated rings. The van der Waals surface area contributed by atoms with E-state index in [1.807, 2.05) is 25.5 Å². The van der Waals surface area contributed by atoms with Crippen molar-refractivity contribution in [3.05, 3.63) is 51.0 Å². The van der Waals surface area contributed by atoms with Gasteiger partial charge in [0.1, 0.15) is 0 Å². The molecule has 10 heteroatoms. The fourth-order valence-corrected chi connectivity index (χ4v) is 3.84. The third kappa shape index (κ3) is 3.58. The van der Waals surface area contributed by atoms with Gasteiger partial charge in [0.25, 0.3) is 0 Å². The van der Waals surface area contributed by atoms with E-state index in [0.29, 0.717) is 21.3 Å². The number of hydrogen-bond acceptors (Lipinski definition) is 6. The van der Waals surface area contributed by atoms with Crippen LogP contribution in [0.5, 0.6) is 0 Å². The molecule has 0 spiro atoms. The minimum atomic E-state index is -0.520. The average molecular weight is 418 g/mol. The van der Waals surface area contributed by atoms with Crippen LogP contribution in [-0.4, -0.2) is 25.2 Å². The second kappa shape index (κ2) is 7.25. The molecule has 8 nitrogen and oxygen atoms in total. The molecule has 0 aliphatic rings. The van der Waals surface area contributed by atoms with Crippen LogP contribution in [0.15, 0.2) is 39.0 Å². The Hall–Kier alpha value is -2.91. The number of rotatable bonds is 5. The number of oxazole rings is 1. The number of carbonyl (C=O) groups excluding carboxylic acids is 1. The summed E-state index contributed by atoms with van der Waals surface area (Å²) in [5, 5.41) is 9.92. The molecule has 4 aromatic rings. The first-order valence-corrected chi connectivity index (χ1v) is 9.71. The van der Waals surface area contributed by atoms with Gasteiger partial charge in [-0.3, -0.25) is 14.0 Å². The number of nitrogens with one attached hydrogen (secondary N) is 1. The smallest absolute Gasteiger partial charge is 0.408 e. The fraction of sp³-hybridized carbons (Fsp3) is 0.222. The van der Waals surface area contributed by atoms with Gasteiger partial charge >= 0.3 is 5.76 Å². The molecule has 0 bridgehead atoms. The van der Waals surface area contributed by atoms with Crippen LogP contribution in [0.4, 0.5) is 5.13 Å². The van der Waals surface area contributed by atoms with Crippen molar-refractivity contribution in [1.29, 1.82) is 0 Å². The molecule has 3 heterocycles. The van der Waals surface area contributed by atoms with Crippen molar-refractivity contribution in [2.75, 3.05) is 5.32 Å². The van der Waals surface area contributed by atoms with E-state index in [2.05, 4.69) is 15.4 Å². The second-order valence-electron chi connectivity index (χ2n) is 6.27. The summed E-state index contributed by atoms with van der Waals surface area (Å²) in [5.74, 6) is -0.757. The van der Waals surface area contributed by atoms with Gasteiger partial charge in [-0.1, -0.05) is 11.6 Å². The highest BCUT2D eigenvalue weighted by molar-refractivity contribution is 7.14. The van der Waals surface area contributed by atoms with Gasteiger partial charge in [-0.25, -0.2) is 9.78 Å². The number of benzene rings is 1. The molecule has 0 unspecified atom stereocenters. The number of aromatic nitrogens is 4. The van der Waals surface area contributed by atoms with Gasteiger partial charge < -0.3 is 9.73 Å². The fourth-order valence-electron chi connectivity index (χ4n) is 2.95.